The van der Waals surface area contributed by atoms with Gasteiger partial charge in [0.25, 0.3) is 0 Å². The first-order valence-corrected chi connectivity index (χ1v) is 11.8. The monoisotopic (exact) mass is 451 g/mol. The summed E-state index contributed by atoms with van der Waals surface area (Å²) in [5.74, 6) is -0.777. The number of aromatic nitrogens is 1. The number of piperidine rings is 1. The first-order valence-electron chi connectivity index (χ1n) is 10.4. The molecule has 1 aromatic carbocycles. The largest absolute Gasteiger partial charge is 0.360 e. The van der Waals surface area contributed by atoms with Gasteiger partial charge in [0, 0.05) is 13.1 Å². The van der Waals surface area contributed by atoms with E-state index in [0.717, 1.165) is 5.56 Å². The molecule has 1 saturated heterocycles. The highest BCUT2D eigenvalue weighted by molar-refractivity contribution is 7.89. The molecule has 2 atom stereocenters. The van der Waals surface area contributed by atoms with Crippen LogP contribution in [0.5, 0.6) is 0 Å². The maximum Gasteiger partial charge on any atom is 0.248 e. The van der Waals surface area contributed by atoms with Gasteiger partial charge >= 0.3 is 0 Å². The van der Waals surface area contributed by atoms with Crippen LogP contribution >= 0.6 is 0 Å². The molecule has 1 N–H and O–H groups in total. The van der Waals surface area contributed by atoms with Crippen molar-refractivity contribution in [3.8, 4) is 0 Å². The Balaban J connectivity index is 1.79. The second kappa shape index (κ2) is 8.70. The second-order valence-corrected chi connectivity index (χ2v) is 11.1. The predicted octanol–water partition coefficient (Wildman–Crippen LogP) is 3.73. The summed E-state index contributed by atoms with van der Waals surface area (Å²) in [5.41, 5.74) is 0.802. The Bertz CT molecular complexity index is 1020. The number of amides is 1. The number of nitrogens with zero attached hydrogens (tertiary/aromatic N) is 2. The quantitative estimate of drug-likeness (QED) is 0.748. The average Bonchev–Trinajstić information content (AvgIpc) is 3.05. The molecule has 1 fully saturated rings. The number of rotatable bonds is 5. The Morgan fingerprint density at radius 1 is 1.26 bits per heavy atom. The standard InChI is InChI=1S/C22H30FN3O4S/c1-14-19(15(2)30-25-14)31(28,29)26-12-6-7-17(13-26)21(27)24-20(22(3,4)5)16-8-10-18(23)11-9-16/h8-11,17,20H,6-7,12-13H2,1-5H3,(H,24,27)/t17-,20+/m0/s1. The lowest BCUT2D eigenvalue weighted by Gasteiger charge is -2.35. The molecule has 9 heteroatoms. The number of hydrogen-bond acceptors (Lipinski definition) is 5. The Kier molecular flexibility index (Phi) is 6.57. The van der Waals surface area contributed by atoms with Gasteiger partial charge in [0.1, 0.15) is 16.4 Å². The van der Waals surface area contributed by atoms with E-state index in [4.69, 9.17) is 4.52 Å². The second-order valence-electron chi connectivity index (χ2n) is 9.21. The third-order valence-electron chi connectivity index (χ3n) is 5.68. The summed E-state index contributed by atoms with van der Waals surface area (Å²) in [4.78, 5) is 13.2. The van der Waals surface area contributed by atoms with Crippen LogP contribution < -0.4 is 5.32 Å². The molecule has 7 nitrogen and oxygen atoms in total. The normalized spacial score (nSPS) is 19.2. The van der Waals surface area contributed by atoms with Gasteiger partial charge in [0.15, 0.2) is 5.76 Å². The Morgan fingerprint density at radius 2 is 1.90 bits per heavy atom. The fourth-order valence-electron chi connectivity index (χ4n) is 4.06. The summed E-state index contributed by atoms with van der Waals surface area (Å²) in [5, 5.41) is 6.83. The smallest absolute Gasteiger partial charge is 0.248 e. The lowest BCUT2D eigenvalue weighted by atomic mass is 9.82. The van der Waals surface area contributed by atoms with Gasteiger partial charge in [0.2, 0.25) is 15.9 Å². The third-order valence-corrected chi connectivity index (χ3v) is 7.79. The Hall–Kier alpha value is -2.26. The molecule has 170 valence electrons. The molecule has 0 spiro atoms. The van der Waals surface area contributed by atoms with Crippen LogP contribution in [0.3, 0.4) is 0 Å². The third kappa shape index (κ3) is 4.98. The van der Waals surface area contributed by atoms with Crippen molar-refractivity contribution in [3.63, 3.8) is 0 Å². The number of sulfonamides is 1. The number of hydrogen-bond donors (Lipinski definition) is 1. The van der Waals surface area contributed by atoms with Gasteiger partial charge in [-0.1, -0.05) is 38.1 Å². The van der Waals surface area contributed by atoms with Crippen LogP contribution in [0, 0.1) is 31.0 Å². The van der Waals surface area contributed by atoms with Gasteiger partial charge < -0.3 is 9.84 Å². The summed E-state index contributed by atoms with van der Waals surface area (Å²) < 4.78 is 46.0. The Morgan fingerprint density at radius 3 is 2.45 bits per heavy atom. The van der Waals surface area contributed by atoms with Crippen molar-refractivity contribution in [1.29, 1.82) is 0 Å². The van der Waals surface area contributed by atoms with E-state index in [9.17, 15) is 17.6 Å². The van der Waals surface area contributed by atoms with Gasteiger partial charge in [-0.25, -0.2) is 12.8 Å². The highest BCUT2D eigenvalue weighted by Gasteiger charge is 2.38. The molecule has 0 saturated carbocycles. The molecule has 0 aliphatic carbocycles. The van der Waals surface area contributed by atoms with Crippen molar-refractivity contribution in [1.82, 2.24) is 14.8 Å². The van der Waals surface area contributed by atoms with Crippen molar-refractivity contribution in [3.05, 3.63) is 47.1 Å². The molecule has 1 aliphatic rings. The zero-order chi connectivity index (χ0) is 23.0. The summed E-state index contributed by atoms with van der Waals surface area (Å²) in [7, 11) is -3.80. The highest BCUT2D eigenvalue weighted by atomic mass is 32.2. The van der Waals surface area contributed by atoms with E-state index in [1.807, 2.05) is 20.8 Å². The maximum atomic E-state index is 13.4. The fourth-order valence-corrected chi connectivity index (χ4v) is 5.88. The molecule has 2 aromatic rings. The summed E-state index contributed by atoms with van der Waals surface area (Å²) in [6.07, 6.45) is 1.18. The number of aryl methyl sites for hydroxylation is 2. The van der Waals surface area contributed by atoms with Gasteiger partial charge in [-0.15, -0.1) is 0 Å². The van der Waals surface area contributed by atoms with E-state index >= 15 is 0 Å². The van der Waals surface area contributed by atoms with Crippen LogP contribution in [0.1, 0.15) is 56.7 Å². The molecular weight excluding hydrogens is 421 g/mol. The van der Waals surface area contributed by atoms with Gasteiger partial charge in [-0.05, 0) is 49.8 Å². The molecule has 3 rings (SSSR count). The Labute approximate surface area is 183 Å². The zero-order valence-corrected chi connectivity index (χ0v) is 19.4. The molecule has 2 heterocycles. The van der Waals surface area contributed by atoms with Crippen molar-refractivity contribution in [2.45, 2.75) is 58.4 Å². The van der Waals surface area contributed by atoms with Gasteiger partial charge in [0.05, 0.1) is 12.0 Å². The lowest BCUT2D eigenvalue weighted by Crippen LogP contribution is -2.47. The number of carbonyl (C=O) groups is 1. The van der Waals surface area contributed by atoms with Crippen LogP contribution in [0.4, 0.5) is 4.39 Å². The minimum absolute atomic E-state index is 0.0763. The summed E-state index contributed by atoms with van der Waals surface area (Å²) in [6.45, 7) is 9.59. The summed E-state index contributed by atoms with van der Waals surface area (Å²) in [6, 6.07) is 5.74. The lowest BCUT2D eigenvalue weighted by molar-refractivity contribution is -0.127. The van der Waals surface area contributed by atoms with Crippen LogP contribution in [0.2, 0.25) is 0 Å². The number of benzene rings is 1. The van der Waals surface area contributed by atoms with Gasteiger partial charge in [-0.2, -0.15) is 4.31 Å². The molecule has 0 bridgehead atoms. The molecule has 1 aliphatic heterocycles. The van der Waals surface area contributed by atoms with Crippen LogP contribution in [0.15, 0.2) is 33.7 Å². The zero-order valence-electron chi connectivity index (χ0n) is 18.6. The fraction of sp³-hybridized carbons (Fsp3) is 0.545. The molecular formula is C22H30FN3O4S. The molecule has 0 unspecified atom stereocenters. The first kappa shape index (κ1) is 23.4. The van der Waals surface area contributed by atoms with Crippen molar-refractivity contribution in [2.75, 3.05) is 13.1 Å². The minimum atomic E-state index is -3.80. The number of halogens is 1. The van der Waals surface area contributed by atoms with E-state index in [1.54, 1.807) is 26.0 Å². The van der Waals surface area contributed by atoms with Crippen molar-refractivity contribution >= 4 is 15.9 Å². The number of nitrogens with one attached hydrogen (secondary N) is 1. The summed E-state index contributed by atoms with van der Waals surface area (Å²) >= 11 is 0. The molecule has 31 heavy (non-hydrogen) atoms. The van der Waals surface area contributed by atoms with Crippen LogP contribution in [0.25, 0.3) is 0 Å². The van der Waals surface area contributed by atoms with Crippen LogP contribution in [-0.2, 0) is 14.8 Å². The van der Waals surface area contributed by atoms with E-state index in [-0.39, 0.29) is 40.4 Å². The highest BCUT2D eigenvalue weighted by Crippen LogP contribution is 2.34. The van der Waals surface area contributed by atoms with Crippen molar-refractivity contribution in [2.24, 2.45) is 11.3 Å². The SMILES string of the molecule is Cc1noc(C)c1S(=O)(=O)N1CCC[C@H](C(=O)N[C@H](c2ccc(F)cc2)C(C)(C)C)C1. The first-order chi connectivity index (χ1) is 14.4. The van der Waals surface area contributed by atoms with E-state index in [2.05, 4.69) is 10.5 Å². The molecule has 1 amide bonds. The molecule has 0 radical (unpaired) electrons. The van der Waals surface area contributed by atoms with E-state index in [0.29, 0.717) is 25.1 Å². The predicted molar refractivity (Wildman–Crippen MR) is 114 cm³/mol. The van der Waals surface area contributed by atoms with Gasteiger partial charge in [-0.3, -0.25) is 4.79 Å². The van der Waals surface area contributed by atoms with E-state index < -0.39 is 15.9 Å². The maximum absolute atomic E-state index is 13.4. The minimum Gasteiger partial charge on any atom is -0.360 e. The molecule has 1 aromatic heterocycles. The average molecular weight is 452 g/mol. The topological polar surface area (TPSA) is 92.5 Å². The van der Waals surface area contributed by atoms with Crippen molar-refractivity contribution < 1.29 is 22.1 Å². The van der Waals surface area contributed by atoms with Crippen LogP contribution in [-0.4, -0.2) is 36.9 Å². The van der Waals surface area contributed by atoms with E-state index in [1.165, 1.54) is 16.4 Å². The number of carbonyl (C=O) groups excluding carboxylic acids is 1.